The minimum absolute atomic E-state index is 0.286. The van der Waals surface area contributed by atoms with Gasteiger partial charge in [-0.2, -0.15) is 0 Å². The summed E-state index contributed by atoms with van der Waals surface area (Å²) in [4.78, 5) is 16.1. The van der Waals surface area contributed by atoms with E-state index in [-0.39, 0.29) is 5.91 Å². The van der Waals surface area contributed by atoms with Crippen molar-refractivity contribution in [2.45, 2.75) is 0 Å². The zero-order valence-corrected chi connectivity index (χ0v) is 13.0. The molecule has 0 saturated carbocycles. The van der Waals surface area contributed by atoms with Crippen LogP contribution in [0.1, 0.15) is 10.5 Å². The molecule has 1 aromatic carbocycles. The molecule has 2 aromatic rings. The monoisotopic (exact) mass is 387 g/mol. The van der Waals surface area contributed by atoms with Crippen LogP contribution in [0.2, 0.25) is 5.02 Å². The number of benzene rings is 1. The quantitative estimate of drug-likeness (QED) is 0.791. The Morgan fingerprint density at radius 2 is 2.11 bits per heavy atom. The van der Waals surface area contributed by atoms with E-state index in [0.29, 0.717) is 16.4 Å². The Morgan fingerprint density at radius 3 is 2.68 bits per heavy atom. The molecule has 6 heteroatoms. The number of anilines is 2. The van der Waals surface area contributed by atoms with Crippen molar-refractivity contribution in [3.63, 3.8) is 0 Å². The van der Waals surface area contributed by atoms with Gasteiger partial charge in [-0.05, 0) is 52.9 Å². The Labute approximate surface area is 129 Å². The molecule has 4 nitrogen and oxygen atoms in total. The van der Waals surface area contributed by atoms with Crippen LogP contribution in [0.3, 0.4) is 0 Å². The van der Waals surface area contributed by atoms with Crippen molar-refractivity contribution in [1.82, 2.24) is 4.98 Å². The molecular formula is C13H11ClIN3O. The summed E-state index contributed by atoms with van der Waals surface area (Å²) in [5, 5.41) is 6.18. The molecule has 1 amide bonds. The average molecular weight is 388 g/mol. The first-order valence-electron chi connectivity index (χ1n) is 5.50. The van der Waals surface area contributed by atoms with Crippen molar-refractivity contribution in [3.8, 4) is 0 Å². The van der Waals surface area contributed by atoms with E-state index in [1.165, 1.54) is 0 Å². The second-order valence-electron chi connectivity index (χ2n) is 3.76. The SMILES string of the molecule is CNc1ccc(C(=O)Nc2ccc(I)cc2Cl)nc1. The van der Waals surface area contributed by atoms with E-state index in [1.807, 2.05) is 6.07 Å². The number of halogens is 2. The highest BCUT2D eigenvalue weighted by molar-refractivity contribution is 14.1. The topological polar surface area (TPSA) is 54.0 Å². The van der Waals surface area contributed by atoms with Crippen LogP contribution < -0.4 is 10.6 Å². The van der Waals surface area contributed by atoms with Gasteiger partial charge < -0.3 is 10.6 Å². The molecule has 0 bridgehead atoms. The van der Waals surface area contributed by atoms with Crippen molar-refractivity contribution < 1.29 is 4.79 Å². The third-order valence-electron chi connectivity index (χ3n) is 2.46. The van der Waals surface area contributed by atoms with Crippen LogP contribution >= 0.6 is 34.2 Å². The fourth-order valence-corrected chi connectivity index (χ4v) is 2.36. The van der Waals surface area contributed by atoms with E-state index < -0.39 is 0 Å². The van der Waals surface area contributed by atoms with Gasteiger partial charge in [0.25, 0.3) is 5.91 Å². The Morgan fingerprint density at radius 1 is 1.32 bits per heavy atom. The van der Waals surface area contributed by atoms with Crippen LogP contribution in [0.5, 0.6) is 0 Å². The lowest BCUT2D eigenvalue weighted by Crippen LogP contribution is -2.14. The Hall–Kier alpha value is -1.34. The van der Waals surface area contributed by atoms with Crippen LogP contribution in [0.4, 0.5) is 11.4 Å². The molecular weight excluding hydrogens is 377 g/mol. The van der Waals surface area contributed by atoms with Crippen LogP contribution in [0.15, 0.2) is 36.5 Å². The normalized spacial score (nSPS) is 10.1. The van der Waals surface area contributed by atoms with Crippen molar-refractivity contribution >= 4 is 51.5 Å². The van der Waals surface area contributed by atoms with Gasteiger partial charge in [-0.15, -0.1) is 0 Å². The summed E-state index contributed by atoms with van der Waals surface area (Å²) < 4.78 is 1.01. The van der Waals surface area contributed by atoms with Gasteiger partial charge in [-0.1, -0.05) is 11.6 Å². The van der Waals surface area contributed by atoms with E-state index in [9.17, 15) is 4.79 Å². The van der Waals surface area contributed by atoms with Crippen LogP contribution in [-0.4, -0.2) is 17.9 Å². The lowest BCUT2D eigenvalue weighted by atomic mass is 10.3. The standard InChI is InChI=1S/C13H11ClIN3O/c1-16-9-3-5-12(17-7-9)13(19)18-11-4-2-8(15)6-10(11)14/h2-7,16H,1H3,(H,18,19). The maximum atomic E-state index is 12.0. The molecule has 0 unspecified atom stereocenters. The fraction of sp³-hybridized carbons (Fsp3) is 0.0769. The molecule has 0 saturated heterocycles. The molecule has 0 atom stereocenters. The molecule has 0 aliphatic rings. The van der Waals surface area contributed by atoms with Crippen molar-refractivity contribution in [1.29, 1.82) is 0 Å². The number of hydrogen-bond donors (Lipinski definition) is 2. The van der Waals surface area contributed by atoms with Gasteiger partial charge in [0.1, 0.15) is 5.69 Å². The number of rotatable bonds is 3. The van der Waals surface area contributed by atoms with E-state index in [1.54, 1.807) is 37.5 Å². The number of nitrogens with zero attached hydrogens (tertiary/aromatic N) is 1. The molecule has 0 aliphatic carbocycles. The van der Waals surface area contributed by atoms with Gasteiger partial charge in [-0.25, -0.2) is 4.98 Å². The summed E-state index contributed by atoms with van der Waals surface area (Å²) in [5.41, 5.74) is 1.77. The van der Waals surface area contributed by atoms with E-state index >= 15 is 0 Å². The Kier molecular flexibility index (Phi) is 4.60. The summed E-state index contributed by atoms with van der Waals surface area (Å²) in [6.45, 7) is 0. The molecule has 1 aromatic heterocycles. The molecule has 2 rings (SSSR count). The minimum atomic E-state index is -0.286. The fourth-order valence-electron chi connectivity index (χ4n) is 1.45. The summed E-state index contributed by atoms with van der Waals surface area (Å²) in [6, 6.07) is 8.87. The van der Waals surface area contributed by atoms with Crippen molar-refractivity contribution in [3.05, 3.63) is 50.8 Å². The number of carbonyl (C=O) groups excluding carboxylic acids is 1. The lowest BCUT2D eigenvalue weighted by molar-refractivity contribution is 0.102. The predicted octanol–water partition coefficient (Wildman–Crippen LogP) is 3.63. The molecule has 2 N–H and O–H groups in total. The van der Waals surface area contributed by atoms with Gasteiger partial charge in [0, 0.05) is 10.6 Å². The third-order valence-corrected chi connectivity index (χ3v) is 3.45. The van der Waals surface area contributed by atoms with Crippen LogP contribution in [-0.2, 0) is 0 Å². The van der Waals surface area contributed by atoms with Crippen molar-refractivity contribution in [2.75, 3.05) is 17.7 Å². The number of aromatic nitrogens is 1. The first-order valence-corrected chi connectivity index (χ1v) is 6.96. The predicted molar refractivity (Wildman–Crippen MR) is 85.9 cm³/mol. The summed E-state index contributed by atoms with van der Waals surface area (Å²) in [7, 11) is 1.79. The van der Waals surface area contributed by atoms with Crippen LogP contribution in [0, 0.1) is 3.57 Å². The highest BCUT2D eigenvalue weighted by atomic mass is 127. The van der Waals surface area contributed by atoms with Gasteiger partial charge in [0.2, 0.25) is 0 Å². The minimum Gasteiger partial charge on any atom is -0.387 e. The second kappa shape index (κ2) is 6.21. The smallest absolute Gasteiger partial charge is 0.274 e. The van der Waals surface area contributed by atoms with E-state index in [4.69, 9.17) is 11.6 Å². The zero-order chi connectivity index (χ0) is 13.8. The van der Waals surface area contributed by atoms with E-state index in [2.05, 4.69) is 38.2 Å². The highest BCUT2D eigenvalue weighted by Gasteiger charge is 2.09. The Balaban J connectivity index is 2.15. The van der Waals surface area contributed by atoms with E-state index in [0.717, 1.165) is 9.26 Å². The molecule has 0 fully saturated rings. The van der Waals surface area contributed by atoms with Gasteiger partial charge in [0.05, 0.1) is 22.6 Å². The summed E-state index contributed by atoms with van der Waals surface area (Å²) >= 11 is 8.22. The molecule has 1 heterocycles. The number of nitrogens with one attached hydrogen (secondary N) is 2. The molecule has 98 valence electrons. The van der Waals surface area contributed by atoms with Gasteiger partial charge in [-0.3, -0.25) is 4.79 Å². The van der Waals surface area contributed by atoms with Crippen LogP contribution in [0.25, 0.3) is 0 Å². The zero-order valence-electron chi connectivity index (χ0n) is 10.1. The molecule has 19 heavy (non-hydrogen) atoms. The summed E-state index contributed by atoms with van der Waals surface area (Å²) in [5.74, 6) is -0.286. The second-order valence-corrected chi connectivity index (χ2v) is 5.41. The average Bonchev–Trinajstić information content (AvgIpc) is 2.42. The first-order chi connectivity index (χ1) is 9.10. The highest BCUT2D eigenvalue weighted by Crippen LogP contribution is 2.24. The number of pyridine rings is 1. The van der Waals surface area contributed by atoms with Gasteiger partial charge >= 0.3 is 0 Å². The lowest BCUT2D eigenvalue weighted by Gasteiger charge is -2.07. The number of carbonyl (C=O) groups is 1. The molecule has 0 spiro atoms. The van der Waals surface area contributed by atoms with Gasteiger partial charge in [0.15, 0.2) is 0 Å². The maximum Gasteiger partial charge on any atom is 0.274 e. The number of hydrogen-bond acceptors (Lipinski definition) is 3. The third kappa shape index (κ3) is 3.57. The largest absolute Gasteiger partial charge is 0.387 e. The number of amides is 1. The summed E-state index contributed by atoms with van der Waals surface area (Å²) in [6.07, 6.45) is 1.60. The molecule has 0 radical (unpaired) electrons. The maximum absolute atomic E-state index is 12.0. The first kappa shape index (κ1) is 14.1. The van der Waals surface area contributed by atoms with Crippen molar-refractivity contribution in [2.24, 2.45) is 0 Å². The Bertz CT molecular complexity index is 601. The molecule has 0 aliphatic heterocycles.